The zero-order chi connectivity index (χ0) is 25.5. The second-order valence-electron chi connectivity index (χ2n) is 8.60. The predicted molar refractivity (Wildman–Crippen MR) is 141 cm³/mol. The molecule has 0 heterocycles. The normalized spacial score (nSPS) is 11.4. The number of aryl methyl sites for hydroxylation is 2. The van der Waals surface area contributed by atoms with Crippen LogP contribution in [0, 0.1) is 12.7 Å². The Morgan fingerprint density at radius 3 is 2.03 bits per heavy atom. The molecular formula is C30H29FO4S. The molecule has 0 aromatic heterocycles. The van der Waals surface area contributed by atoms with E-state index in [2.05, 4.69) is 6.92 Å². The van der Waals surface area contributed by atoms with E-state index >= 15 is 0 Å². The average Bonchev–Trinajstić information content (AvgIpc) is 2.88. The van der Waals surface area contributed by atoms with Gasteiger partial charge in [-0.3, -0.25) is 4.18 Å². The molecule has 0 radical (unpaired) electrons. The fourth-order valence-corrected chi connectivity index (χ4v) is 4.78. The van der Waals surface area contributed by atoms with Crippen molar-refractivity contribution in [1.29, 1.82) is 0 Å². The summed E-state index contributed by atoms with van der Waals surface area (Å²) in [5, 5.41) is 0. The number of benzene rings is 4. The van der Waals surface area contributed by atoms with Crippen molar-refractivity contribution in [3.63, 3.8) is 0 Å². The molecule has 0 bridgehead atoms. The van der Waals surface area contributed by atoms with Crippen LogP contribution in [0.2, 0.25) is 0 Å². The van der Waals surface area contributed by atoms with Gasteiger partial charge in [-0.05, 0) is 65.9 Å². The largest absolute Gasteiger partial charge is 0.491 e. The van der Waals surface area contributed by atoms with E-state index in [1.165, 1.54) is 23.8 Å². The van der Waals surface area contributed by atoms with Crippen molar-refractivity contribution >= 4 is 10.1 Å². The molecule has 0 amide bonds. The highest BCUT2D eigenvalue weighted by Crippen LogP contribution is 2.29. The van der Waals surface area contributed by atoms with Gasteiger partial charge < -0.3 is 4.74 Å². The Kier molecular flexibility index (Phi) is 8.18. The third-order valence-electron chi connectivity index (χ3n) is 5.86. The lowest BCUT2D eigenvalue weighted by molar-refractivity contribution is 0.221. The van der Waals surface area contributed by atoms with Crippen molar-refractivity contribution < 1.29 is 21.7 Å². The molecule has 6 heteroatoms. The first-order chi connectivity index (χ1) is 17.4. The summed E-state index contributed by atoms with van der Waals surface area (Å²) in [7, 11) is -3.82. The quantitative estimate of drug-likeness (QED) is 0.169. The molecule has 0 N–H and O–H groups in total. The van der Waals surface area contributed by atoms with E-state index in [0.717, 1.165) is 35.1 Å². The van der Waals surface area contributed by atoms with Gasteiger partial charge in [-0.25, -0.2) is 4.39 Å². The van der Waals surface area contributed by atoms with Gasteiger partial charge in [0.15, 0.2) is 0 Å². The smallest absolute Gasteiger partial charge is 0.297 e. The number of ether oxygens (including phenoxy) is 1. The second kappa shape index (κ2) is 11.5. The molecule has 0 saturated heterocycles. The van der Waals surface area contributed by atoms with Crippen LogP contribution in [-0.2, 0) is 20.7 Å². The van der Waals surface area contributed by atoms with Gasteiger partial charge in [0, 0.05) is 5.56 Å². The van der Waals surface area contributed by atoms with Crippen LogP contribution in [-0.4, -0.2) is 21.6 Å². The number of hydrogen-bond donors (Lipinski definition) is 0. The fraction of sp³-hybridized carbons (Fsp3) is 0.200. The minimum atomic E-state index is -3.82. The van der Waals surface area contributed by atoms with Gasteiger partial charge in [0.05, 0.1) is 4.90 Å². The third-order valence-corrected chi connectivity index (χ3v) is 7.19. The lowest BCUT2D eigenvalue weighted by atomic mass is 9.98. The summed E-state index contributed by atoms with van der Waals surface area (Å²) in [5.74, 6) is 0.294. The average molecular weight is 505 g/mol. The molecule has 4 rings (SSSR count). The maximum Gasteiger partial charge on any atom is 0.297 e. The summed E-state index contributed by atoms with van der Waals surface area (Å²) in [6.07, 6.45) is 2.09. The topological polar surface area (TPSA) is 52.6 Å². The molecule has 0 fully saturated rings. The Bertz CT molecular complexity index is 1400. The zero-order valence-corrected chi connectivity index (χ0v) is 21.2. The molecule has 4 aromatic carbocycles. The molecule has 186 valence electrons. The number of halogens is 1. The van der Waals surface area contributed by atoms with Gasteiger partial charge in [0.25, 0.3) is 10.1 Å². The lowest BCUT2D eigenvalue weighted by Gasteiger charge is -2.10. The molecular weight excluding hydrogens is 475 g/mol. The fourth-order valence-electron chi connectivity index (χ4n) is 3.89. The van der Waals surface area contributed by atoms with Crippen LogP contribution in [0.5, 0.6) is 5.75 Å². The van der Waals surface area contributed by atoms with Crippen molar-refractivity contribution in [2.45, 2.75) is 31.6 Å². The summed E-state index contributed by atoms with van der Waals surface area (Å²) in [4.78, 5) is 0.115. The Balaban J connectivity index is 1.34. The van der Waals surface area contributed by atoms with Gasteiger partial charge in [0.1, 0.15) is 24.8 Å². The molecule has 0 spiro atoms. The van der Waals surface area contributed by atoms with E-state index in [1.807, 2.05) is 49.4 Å². The van der Waals surface area contributed by atoms with Crippen LogP contribution >= 0.6 is 0 Å². The van der Waals surface area contributed by atoms with Gasteiger partial charge in [-0.2, -0.15) is 8.42 Å². The summed E-state index contributed by atoms with van der Waals surface area (Å²) in [6.45, 7) is 3.99. The minimum absolute atomic E-state index is 0.0742. The summed E-state index contributed by atoms with van der Waals surface area (Å²) in [5.41, 5.74) is 5.26. The first kappa shape index (κ1) is 25.6. The predicted octanol–water partition coefficient (Wildman–Crippen LogP) is 7.20. The first-order valence-corrected chi connectivity index (χ1v) is 13.3. The molecule has 0 unspecified atom stereocenters. The third kappa shape index (κ3) is 6.39. The van der Waals surface area contributed by atoms with Gasteiger partial charge in [0.2, 0.25) is 0 Å². The number of rotatable bonds is 10. The Labute approximate surface area is 212 Å². The molecule has 0 aliphatic heterocycles. The molecule has 0 aliphatic rings. The van der Waals surface area contributed by atoms with Crippen molar-refractivity contribution in [3.8, 4) is 28.0 Å². The lowest BCUT2D eigenvalue weighted by Crippen LogP contribution is -2.13. The minimum Gasteiger partial charge on any atom is -0.491 e. The zero-order valence-electron chi connectivity index (χ0n) is 20.4. The maximum atomic E-state index is 14.9. The van der Waals surface area contributed by atoms with Crippen molar-refractivity contribution in [2.75, 3.05) is 13.2 Å². The molecule has 0 atom stereocenters. The van der Waals surface area contributed by atoms with Crippen LogP contribution in [0.4, 0.5) is 4.39 Å². The van der Waals surface area contributed by atoms with Crippen LogP contribution < -0.4 is 4.74 Å². The Morgan fingerprint density at radius 1 is 0.750 bits per heavy atom. The Morgan fingerprint density at radius 2 is 1.39 bits per heavy atom. The second-order valence-corrected chi connectivity index (χ2v) is 10.2. The van der Waals surface area contributed by atoms with Gasteiger partial charge in [-0.15, -0.1) is 0 Å². The molecule has 0 aliphatic carbocycles. The van der Waals surface area contributed by atoms with E-state index in [4.69, 9.17) is 8.92 Å². The SMILES string of the molecule is CCCc1ccc(-c2ccc(-c3ccc(OCCOS(=O)(=O)c4ccc(C)cc4)cc3)cc2F)cc1. The van der Waals surface area contributed by atoms with E-state index in [0.29, 0.717) is 11.3 Å². The van der Waals surface area contributed by atoms with Crippen LogP contribution in [0.3, 0.4) is 0 Å². The Hall–Kier alpha value is -3.48. The van der Waals surface area contributed by atoms with E-state index < -0.39 is 10.1 Å². The number of hydrogen-bond acceptors (Lipinski definition) is 4. The first-order valence-electron chi connectivity index (χ1n) is 11.9. The highest BCUT2D eigenvalue weighted by molar-refractivity contribution is 7.86. The molecule has 4 aromatic rings. The van der Waals surface area contributed by atoms with Crippen molar-refractivity contribution in [3.05, 3.63) is 108 Å². The van der Waals surface area contributed by atoms with Gasteiger partial charge >= 0.3 is 0 Å². The maximum absolute atomic E-state index is 14.9. The molecule has 0 saturated carbocycles. The molecule has 36 heavy (non-hydrogen) atoms. The summed E-state index contributed by atoms with van der Waals surface area (Å²) in [6, 6.07) is 27.0. The summed E-state index contributed by atoms with van der Waals surface area (Å²) >= 11 is 0. The highest BCUT2D eigenvalue weighted by atomic mass is 32.2. The summed E-state index contributed by atoms with van der Waals surface area (Å²) < 4.78 is 50.0. The van der Waals surface area contributed by atoms with Crippen LogP contribution in [0.15, 0.2) is 95.9 Å². The monoisotopic (exact) mass is 504 g/mol. The highest BCUT2D eigenvalue weighted by Gasteiger charge is 2.14. The van der Waals surface area contributed by atoms with Crippen molar-refractivity contribution in [2.24, 2.45) is 0 Å². The van der Waals surface area contributed by atoms with Crippen LogP contribution in [0.25, 0.3) is 22.3 Å². The van der Waals surface area contributed by atoms with E-state index in [9.17, 15) is 12.8 Å². The molecule has 4 nitrogen and oxygen atoms in total. The van der Waals surface area contributed by atoms with E-state index in [1.54, 1.807) is 30.3 Å². The standard InChI is InChI=1S/C30H29FO4S/c1-3-4-23-7-9-25(10-8-23)29-18-13-26(21-30(29)31)24-11-14-27(15-12-24)34-19-20-35-36(32,33)28-16-5-22(2)6-17-28/h5-18,21H,3-4,19-20H2,1-2H3. The van der Waals surface area contributed by atoms with Crippen LogP contribution in [0.1, 0.15) is 24.5 Å². The van der Waals surface area contributed by atoms with Gasteiger partial charge in [-0.1, -0.05) is 79.6 Å². The van der Waals surface area contributed by atoms with E-state index in [-0.39, 0.29) is 23.9 Å². The van der Waals surface area contributed by atoms with Crippen molar-refractivity contribution in [1.82, 2.24) is 0 Å².